The third kappa shape index (κ3) is 3.43. The van der Waals surface area contributed by atoms with Crippen molar-refractivity contribution < 1.29 is 14.0 Å². The molecule has 6 heteroatoms. The van der Waals surface area contributed by atoms with Gasteiger partial charge in [-0.25, -0.2) is 9.18 Å². The van der Waals surface area contributed by atoms with E-state index in [0.717, 1.165) is 63.7 Å². The smallest absolute Gasteiger partial charge is 0.322 e. The highest BCUT2D eigenvalue weighted by atomic mass is 19.1. The molecule has 0 bridgehead atoms. The number of urea groups is 1. The lowest BCUT2D eigenvalue weighted by molar-refractivity contribution is -0.135. The number of carbonyl (C=O) groups is 2. The van der Waals surface area contributed by atoms with E-state index in [1.165, 1.54) is 17.0 Å². The number of hydrogen-bond donors (Lipinski definition) is 1. The summed E-state index contributed by atoms with van der Waals surface area (Å²) in [6.45, 7) is 5.04. The number of benzene rings is 1. The van der Waals surface area contributed by atoms with Gasteiger partial charge in [0.05, 0.1) is 0 Å². The van der Waals surface area contributed by atoms with Crippen LogP contribution >= 0.6 is 0 Å². The van der Waals surface area contributed by atoms with Gasteiger partial charge in [-0.3, -0.25) is 9.69 Å². The van der Waals surface area contributed by atoms with Crippen LogP contribution in [0.1, 0.15) is 51.0 Å². The Morgan fingerprint density at radius 3 is 2.32 bits per heavy atom. The van der Waals surface area contributed by atoms with E-state index in [2.05, 4.69) is 17.1 Å². The van der Waals surface area contributed by atoms with E-state index in [1.807, 2.05) is 0 Å². The van der Waals surface area contributed by atoms with Crippen molar-refractivity contribution in [1.29, 1.82) is 0 Å². The molecule has 152 valence electrons. The van der Waals surface area contributed by atoms with Crippen molar-refractivity contribution in [3.8, 4) is 0 Å². The standard InChI is InChI=1S/C22H30FN3O2/c1-2-25-13-11-17(12-14-25)22(15-16-7-9-18(23)10-8-16)20(27)26(21(28)24-22)19-5-3-4-6-19/h7-10,17,19H,2-6,11-15H2,1H3,(H,24,28)/t22-/m0/s1. The first-order valence-corrected chi connectivity index (χ1v) is 10.7. The number of piperidine rings is 1. The van der Waals surface area contributed by atoms with Gasteiger partial charge in [0.25, 0.3) is 5.91 Å². The highest BCUT2D eigenvalue weighted by Crippen LogP contribution is 2.39. The van der Waals surface area contributed by atoms with E-state index in [-0.39, 0.29) is 29.7 Å². The Labute approximate surface area is 166 Å². The second kappa shape index (κ2) is 7.82. The summed E-state index contributed by atoms with van der Waals surface area (Å²) in [5, 5.41) is 3.13. The van der Waals surface area contributed by atoms with E-state index >= 15 is 0 Å². The monoisotopic (exact) mass is 387 g/mol. The quantitative estimate of drug-likeness (QED) is 0.789. The molecule has 3 aliphatic rings. The van der Waals surface area contributed by atoms with Crippen molar-refractivity contribution >= 4 is 11.9 Å². The number of likely N-dealkylation sites (tertiary alicyclic amines) is 1. The van der Waals surface area contributed by atoms with Gasteiger partial charge in [-0.2, -0.15) is 0 Å². The first-order valence-electron chi connectivity index (χ1n) is 10.7. The lowest BCUT2D eigenvalue weighted by Crippen LogP contribution is -2.58. The number of amides is 3. The maximum Gasteiger partial charge on any atom is 0.325 e. The van der Waals surface area contributed by atoms with Crippen LogP contribution in [0.4, 0.5) is 9.18 Å². The molecule has 28 heavy (non-hydrogen) atoms. The highest BCUT2D eigenvalue weighted by Gasteiger charge is 2.57. The van der Waals surface area contributed by atoms with E-state index in [4.69, 9.17) is 0 Å². The normalized spacial score (nSPS) is 27.6. The van der Waals surface area contributed by atoms with Crippen LogP contribution in [0.5, 0.6) is 0 Å². The molecule has 1 N–H and O–H groups in total. The third-order valence-corrected chi connectivity index (χ3v) is 6.97. The SMILES string of the molecule is CCN1CCC([C@]2(Cc3ccc(F)cc3)NC(=O)N(C3CCCC3)C2=O)CC1. The first-order chi connectivity index (χ1) is 13.5. The Kier molecular flexibility index (Phi) is 5.41. The number of imide groups is 1. The van der Waals surface area contributed by atoms with Crippen molar-refractivity contribution in [2.75, 3.05) is 19.6 Å². The molecule has 2 heterocycles. The summed E-state index contributed by atoms with van der Waals surface area (Å²) in [7, 11) is 0. The molecule has 2 aliphatic heterocycles. The van der Waals surface area contributed by atoms with Gasteiger partial charge in [0.1, 0.15) is 11.4 Å². The van der Waals surface area contributed by atoms with Crippen molar-refractivity contribution in [3.63, 3.8) is 0 Å². The van der Waals surface area contributed by atoms with Crippen LogP contribution in [0, 0.1) is 11.7 Å². The Morgan fingerprint density at radius 1 is 1.07 bits per heavy atom. The van der Waals surface area contributed by atoms with Gasteiger partial charge in [0.15, 0.2) is 0 Å². The van der Waals surface area contributed by atoms with Gasteiger partial charge in [-0.1, -0.05) is 31.9 Å². The lowest BCUT2D eigenvalue weighted by atomic mass is 9.73. The van der Waals surface area contributed by atoms with Crippen molar-refractivity contribution in [2.45, 2.75) is 63.5 Å². The van der Waals surface area contributed by atoms with Crippen molar-refractivity contribution in [1.82, 2.24) is 15.1 Å². The average Bonchev–Trinajstić information content (AvgIpc) is 3.31. The van der Waals surface area contributed by atoms with E-state index < -0.39 is 5.54 Å². The molecule has 0 spiro atoms. The minimum atomic E-state index is -0.905. The van der Waals surface area contributed by atoms with Gasteiger partial charge in [-0.15, -0.1) is 0 Å². The van der Waals surface area contributed by atoms with Crippen LogP contribution < -0.4 is 5.32 Å². The number of halogens is 1. The molecule has 3 fully saturated rings. The Morgan fingerprint density at radius 2 is 1.71 bits per heavy atom. The van der Waals surface area contributed by atoms with Gasteiger partial charge in [0, 0.05) is 12.5 Å². The zero-order chi connectivity index (χ0) is 19.7. The van der Waals surface area contributed by atoms with Gasteiger partial charge < -0.3 is 10.2 Å². The summed E-state index contributed by atoms with van der Waals surface area (Å²) in [4.78, 5) is 30.5. The van der Waals surface area contributed by atoms with Crippen LogP contribution in [-0.2, 0) is 11.2 Å². The van der Waals surface area contributed by atoms with Crippen LogP contribution in [0.3, 0.4) is 0 Å². The number of carbonyl (C=O) groups excluding carboxylic acids is 2. The van der Waals surface area contributed by atoms with Crippen molar-refractivity contribution in [3.05, 3.63) is 35.6 Å². The number of rotatable bonds is 5. The average molecular weight is 387 g/mol. The molecule has 3 amide bonds. The van der Waals surface area contributed by atoms with Gasteiger partial charge >= 0.3 is 6.03 Å². The molecular formula is C22H30FN3O2. The number of nitrogens with one attached hydrogen (secondary N) is 1. The maximum absolute atomic E-state index is 13.7. The minimum Gasteiger partial charge on any atom is -0.322 e. The molecule has 1 aromatic rings. The van der Waals surface area contributed by atoms with E-state index in [0.29, 0.717) is 6.42 Å². The van der Waals surface area contributed by atoms with Gasteiger partial charge in [-0.05, 0) is 68.9 Å². The predicted octanol–water partition coefficient (Wildman–Crippen LogP) is 3.33. The Balaban J connectivity index is 1.64. The topological polar surface area (TPSA) is 52.7 Å². The van der Waals surface area contributed by atoms with Crippen LogP contribution in [0.25, 0.3) is 0 Å². The Hall–Kier alpha value is -1.95. The third-order valence-electron chi connectivity index (χ3n) is 6.97. The maximum atomic E-state index is 13.7. The molecule has 5 nitrogen and oxygen atoms in total. The predicted molar refractivity (Wildman–Crippen MR) is 105 cm³/mol. The molecule has 1 atom stereocenters. The minimum absolute atomic E-state index is 0.0262. The zero-order valence-corrected chi connectivity index (χ0v) is 16.6. The first kappa shape index (κ1) is 19.4. The largest absolute Gasteiger partial charge is 0.325 e. The van der Waals surface area contributed by atoms with E-state index in [1.54, 1.807) is 12.1 Å². The van der Waals surface area contributed by atoms with Gasteiger partial charge in [0.2, 0.25) is 0 Å². The summed E-state index contributed by atoms with van der Waals surface area (Å²) in [5.74, 6) is -0.254. The second-order valence-corrected chi connectivity index (χ2v) is 8.53. The zero-order valence-electron chi connectivity index (χ0n) is 16.6. The highest BCUT2D eigenvalue weighted by molar-refractivity contribution is 6.07. The fourth-order valence-corrected chi connectivity index (χ4v) is 5.31. The van der Waals surface area contributed by atoms with E-state index in [9.17, 15) is 14.0 Å². The number of nitrogens with zero attached hydrogens (tertiary/aromatic N) is 2. The molecule has 0 aromatic heterocycles. The lowest BCUT2D eigenvalue weighted by Gasteiger charge is -2.41. The Bertz CT molecular complexity index is 724. The molecule has 1 saturated carbocycles. The van der Waals surface area contributed by atoms with Crippen molar-refractivity contribution in [2.24, 2.45) is 5.92 Å². The summed E-state index contributed by atoms with van der Waals surface area (Å²) < 4.78 is 13.4. The second-order valence-electron chi connectivity index (χ2n) is 8.53. The fourth-order valence-electron chi connectivity index (χ4n) is 5.31. The molecule has 0 unspecified atom stereocenters. The fraction of sp³-hybridized carbons (Fsp3) is 0.636. The molecule has 4 rings (SSSR count). The van der Waals surface area contributed by atoms with Crippen LogP contribution in [0.2, 0.25) is 0 Å². The van der Waals surface area contributed by atoms with Crippen LogP contribution in [-0.4, -0.2) is 53.0 Å². The molecule has 1 aromatic carbocycles. The summed E-state index contributed by atoms with van der Waals surface area (Å²) in [6.07, 6.45) is 6.15. The summed E-state index contributed by atoms with van der Waals surface area (Å²) in [6, 6.07) is 6.11. The summed E-state index contributed by atoms with van der Waals surface area (Å²) >= 11 is 0. The molecule has 2 saturated heterocycles. The molecule has 0 radical (unpaired) electrons. The summed E-state index contributed by atoms with van der Waals surface area (Å²) in [5.41, 5.74) is -0.0154. The molecule has 1 aliphatic carbocycles. The molecular weight excluding hydrogens is 357 g/mol. The van der Waals surface area contributed by atoms with Crippen LogP contribution in [0.15, 0.2) is 24.3 Å². The number of hydrogen-bond acceptors (Lipinski definition) is 3.